The van der Waals surface area contributed by atoms with Crippen molar-refractivity contribution >= 4 is 11.6 Å². The van der Waals surface area contributed by atoms with Gasteiger partial charge in [0.2, 0.25) is 12.7 Å². The molecule has 2 aliphatic rings. The van der Waals surface area contributed by atoms with E-state index in [1.165, 1.54) is 0 Å². The lowest BCUT2D eigenvalue weighted by Gasteiger charge is -2.16. The molecule has 2 unspecified atom stereocenters. The van der Waals surface area contributed by atoms with Crippen LogP contribution in [0.15, 0.2) is 18.2 Å². The Labute approximate surface area is 100 Å². The molecular formula is C13H15NO3. The third-order valence-electron chi connectivity index (χ3n) is 3.65. The summed E-state index contributed by atoms with van der Waals surface area (Å²) in [5.74, 6) is 2.16. The van der Waals surface area contributed by atoms with Crippen LogP contribution in [0.3, 0.4) is 0 Å². The van der Waals surface area contributed by atoms with Gasteiger partial charge in [-0.25, -0.2) is 0 Å². The Hall–Kier alpha value is -1.71. The molecule has 17 heavy (non-hydrogen) atoms. The first-order valence-electron chi connectivity index (χ1n) is 5.88. The van der Waals surface area contributed by atoms with Gasteiger partial charge in [0, 0.05) is 24.2 Å². The van der Waals surface area contributed by atoms with E-state index in [1.54, 1.807) is 0 Å². The number of carbonyl (C=O) groups is 1. The van der Waals surface area contributed by atoms with Crippen molar-refractivity contribution in [3.05, 3.63) is 18.2 Å². The molecule has 0 spiro atoms. The molecule has 2 heterocycles. The Morgan fingerprint density at radius 3 is 2.71 bits per heavy atom. The highest BCUT2D eigenvalue weighted by Gasteiger charge is 2.35. The Kier molecular flexibility index (Phi) is 2.24. The number of fused-ring (bicyclic) bond motifs is 1. The molecule has 1 fully saturated rings. The molecule has 0 aliphatic carbocycles. The van der Waals surface area contributed by atoms with Crippen LogP contribution < -0.4 is 14.4 Å². The second-order valence-corrected chi connectivity index (χ2v) is 4.75. The van der Waals surface area contributed by atoms with E-state index in [2.05, 4.69) is 6.92 Å². The number of benzene rings is 1. The quantitative estimate of drug-likeness (QED) is 0.745. The van der Waals surface area contributed by atoms with E-state index in [1.807, 2.05) is 30.0 Å². The van der Waals surface area contributed by atoms with Crippen LogP contribution in [0.1, 0.15) is 13.8 Å². The average Bonchev–Trinajstić information content (AvgIpc) is 2.89. The van der Waals surface area contributed by atoms with Crippen LogP contribution in [-0.2, 0) is 4.79 Å². The van der Waals surface area contributed by atoms with Crippen molar-refractivity contribution in [2.75, 3.05) is 18.2 Å². The first kappa shape index (κ1) is 10.4. The van der Waals surface area contributed by atoms with Gasteiger partial charge in [-0.05, 0) is 18.1 Å². The zero-order valence-corrected chi connectivity index (χ0v) is 9.97. The number of ether oxygens (including phenoxy) is 2. The lowest BCUT2D eigenvalue weighted by molar-refractivity contribution is -0.120. The van der Waals surface area contributed by atoms with E-state index < -0.39 is 0 Å². The Balaban J connectivity index is 1.93. The molecule has 4 nitrogen and oxygen atoms in total. The van der Waals surface area contributed by atoms with Gasteiger partial charge in [0.05, 0.1) is 0 Å². The van der Waals surface area contributed by atoms with Crippen molar-refractivity contribution in [1.29, 1.82) is 0 Å². The molecule has 1 aromatic rings. The zero-order valence-electron chi connectivity index (χ0n) is 9.97. The molecule has 1 aromatic carbocycles. The summed E-state index contributed by atoms with van der Waals surface area (Å²) in [6, 6.07) is 5.65. The standard InChI is InChI=1S/C13H15NO3/c1-8-6-14(13(15)9(8)2)10-3-4-11-12(5-10)17-7-16-11/h3-5,8-9H,6-7H2,1-2H3. The molecule has 2 atom stereocenters. The molecule has 3 rings (SSSR count). The van der Waals surface area contributed by atoms with Crippen molar-refractivity contribution in [1.82, 2.24) is 0 Å². The molecule has 2 aliphatic heterocycles. The molecule has 1 saturated heterocycles. The Morgan fingerprint density at radius 1 is 1.24 bits per heavy atom. The molecule has 0 N–H and O–H groups in total. The molecule has 90 valence electrons. The average molecular weight is 233 g/mol. The van der Waals surface area contributed by atoms with Crippen molar-refractivity contribution in [3.8, 4) is 11.5 Å². The predicted octanol–water partition coefficient (Wildman–Crippen LogP) is 2.03. The van der Waals surface area contributed by atoms with Crippen molar-refractivity contribution in [2.24, 2.45) is 11.8 Å². The smallest absolute Gasteiger partial charge is 0.231 e. The summed E-state index contributed by atoms with van der Waals surface area (Å²) in [4.78, 5) is 13.9. The highest BCUT2D eigenvalue weighted by molar-refractivity contribution is 5.97. The topological polar surface area (TPSA) is 38.8 Å². The van der Waals surface area contributed by atoms with Crippen LogP contribution >= 0.6 is 0 Å². The molecule has 0 saturated carbocycles. The summed E-state index contributed by atoms with van der Waals surface area (Å²) in [6.45, 7) is 5.13. The number of hydrogen-bond acceptors (Lipinski definition) is 3. The Morgan fingerprint density at radius 2 is 2.00 bits per heavy atom. The summed E-state index contributed by atoms with van der Waals surface area (Å²) in [7, 11) is 0. The monoisotopic (exact) mass is 233 g/mol. The van der Waals surface area contributed by atoms with Gasteiger partial charge in [0.25, 0.3) is 0 Å². The molecular weight excluding hydrogens is 218 g/mol. The molecule has 0 bridgehead atoms. The zero-order chi connectivity index (χ0) is 12.0. The van der Waals surface area contributed by atoms with Crippen molar-refractivity contribution in [2.45, 2.75) is 13.8 Å². The third-order valence-corrected chi connectivity index (χ3v) is 3.65. The number of amides is 1. The van der Waals surface area contributed by atoms with E-state index >= 15 is 0 Å². The minimum absolute atomic E-state index is 0.0976. The highest BCUT2D eigenvalue weighted by atomic mass is 16.7. The fraction of sp³-hybridized carbons (Fsp3) is 0.462. The van der Waals surface area contributed by atoms with Gasteiger partial charge in [-0.2, -0.15) is 0 Å². The number of anilines is 1. The number of hydrogen-bond donors (Lipinski definition) is 0. The largest absolute Gasteiger partial charge is 0.454 e. The summed E-state index contributed by atoms with van der Waals surface area (Å²) in [6.07, 6.45) is 0. The van der Waals surface area contributed by atoms with E-state index in [0.717, 1.165) is 23.7 Å². The van der Waals surface area contributed by atoms with Crippen LogP contribution in [0.4, 0.5) is 5.69 Å². The fourth-order valence-electron chi connectivity index (χ4n) is 2.31. The van der Waals surface area contributed by atoms with Crippen LogP contribution in [-0.4, -0.2) is 19.2 Å². The van der Waals surface area contributed by atoms with Gasteiger partial charge >= 0.3 is 0 Å². The maximum atomic E-state index is 12.1. The van der Waals surface area contributed by atoms with E-state index in [9.17, 15) is 4.79 Å². The van der Waals surface area contributed by atoms with Gasteiger partial charge in [0.1, 0.15) is 0 Å². The van der Waals surface area contributed by atoms with Crippen LogP contribution in [0.25, 0.3) is 0 Å². The minimum Gasteiger partial charge on any atom is -0.454 e. The summed E-state index contributed by atoms with van der Waals surface area (Å²) in [5.41, 5.74) is 0.899. The van der Waals surface area contributed by atoms with Gasteiger partial charge in [0.15, 0.2) is 11.5 Å². The Bertz CT molecular complexity index is 472. The lowest BCUT2D eigenvalue weighted by Crippen LogP contribution is -2.25. The summed E-state index contributed by atoms with van der Waals surface area (Å²) < 4.78 is 10.6. The SMILES string of the molecule is CC1CN(c2ccc3c(c2)OCO3)C(=O)C1C. The summed E-state index contributed by atoms with van der Waals surface area (Å²) in [5, 5.41) is 0. The molecule has 0 radical (unpaired) electrons. The molecule has 1 amide bonds. The number of rotatable bonds is 1. The van der Waals surface area contributed by atoms with Gasteiger partial charge in [-0.15, -0.1) is 0 Å². The van der Waals surface area contributed by atoms with E-state index in [4.69, 9.17) is 9.47 Å². The maximum absolute atomic E-state index is 12.1. The normalized spacial score (nSPS) is 26.7. The van der Waals surface area contributed by atoms with E-state index in [0.29, 0.717) is 5.92 Å². The first-order chi connectivity index (χ1) is 8.16. The van der Waals surface area contributed by atoms with Gasteiger partial charge < -0.3 is 14.4 Å². The highest BCUT2D eigenvalue weighted by Crippen LogP contribution is 2.37. The van der Waals surface area contributed by atoms with Crippen molar-refractivity contribution in [3.63, 3.8) is 0 Å². The maximum Gasteiger partial charge on any atom is 0.231 e. The second-order valence-electron chi connectivity index (χ2n) is 4.75. The van der Waals surface area contributed by atoms with Gasteiger partial charge in [-0.3, -0.25) is 4.79 Å². The third kappa shape index (κ3) is 1.55. The summed E-state index contributed by atoms with van der Waals surface area (Å²) >= 11 is 0. The second kappa shape index (κ2) is 3.65. The molecule has 0 aromatic heterocycles. The minimum atomic E-state index is 0.0976. The van der Waals surface area contributed by atoms with Crippen LogP contribution in [0, 0.1) is 11.8 Å². The first-order valence-corrected chi connectivity index (χ1v) is 5.88. The number of carbonyl (C=O) groups excluding carboxylic acids is 1. The fourth-order valence-corrected chi connectivity index (χ4v) is 2.31. The van der Waals surface area contributed by atoms with Gasteiger partial charge in [-0.1, -0.05) is 13.8 Å². The molecule has 4 heteroatoms. The lowest BCUT2D eigenvalue weighted by atomic mass is 10.0. The van der Waals surface area contributed by atoms with E-state index in [-0.39, 0.29) is 18.6 Å². The van der Waals surface area contributed by atoms with Crippen molar-refractivity contribution < 1.29 is 14.3 Å². The predicted molar refractivity (Wildman–Crippen MR) is 63.2 cm³/mol. The van der Waals surface area contributed by atoms with Crippen LogP contribution in [0.5, 0.6) is 11.5 Å². The number of nitrogens with zero attached hydrogens (tertiary/aromatic N) is 1. The van der Waals surface area contributed by atoms with Crippen LogP contribution in [0.2, 0.25) is 0 Å².